The van der Waals surface area contributed by atoms with Crippen molar-refractivity contribution in [2.24, 2.45) is 0 Å². The van der Waals surface area contributed by atoms with Crippen molar-refractivity contribution < 1.29 is 9.53 Å². The van der Waals surface area contributed by atoms with Crippen molar-refractivity contribution in [3.05, 3.63) is 29.8 Å². The van der Waals surface area contributed by atoms with Crippen LogP contribution in [0.1, 0.15) is 50.4 Å². The SMILES string of the molecule is CCCOC(=O)c1ccc(NC(CC)CC)cc1. The highest BCUT2D eigenvalue weighted by Crippen LogP contribution is 2.14. The molecule has 1 rings (SSSR count). The first-order valence-corrected chi connectivity index (χ1v) is 6.74. The van der Waals surface area contributed by atoms with E-state index >= 15 is 0 Å². The molecular formula is C15H23NO2. The number of anilines is 1. The number of hydrogen-bond donors (Lipinski definition) is 1. The maximum Gasteiger partial charge on any atom is 0.338 e. The van der Waals surface area contributed by atoms with Crippen LogP contribution in [0.25, 0.3) is 0 Å². The first kappa shape index (κ1) is 14.6. The maximum atomic E-state index is 11.6. The van der Waals surface area contributed by atoms with E-state index in [1.807, 2.05) is 31.2 Å². The second-order valence-corrected chi connectivity index (χ2v) is 4.37. The lowest BCUT2D eigenvalue weighted by Crippen LogP contribution is -2.16. The molecule has 3 heteroatoms. The Morgan fingerprint density at radius 1 is 1.17 bits per heavy atom. The summed E-state index contributed by atoms with van der Waals surface area (Å²) in [6.07, 6.45) is 3.04. The van der Waals surface area contributed by atoms with E-state index in [9.17, 15) is 4.79 Å². The zero-order valence-corrected chi connectivity index (χ0v) is 11.5. The number of carbonyl (C=O) groups excluding carboxylic acids is 1. The van der Waals surface area contributed by atoms with E-state index in [0.717, 1.165) is 24.9 Å². The number of hydrogen-bond acceptors (Lipinski definition) is 3. The summed E-state index contributed by atoms with van der Waals surface area (Å²) < 4.78 is 5.08. The molecule has 0 aliphatic rings. The van der Waals surface area contributed by atoms with E-state index in [1.54, 1.807) is 0 Å². The minimum Gasteiger partial charge on any atom is -0.462 e. The smallest absolute Gasteiger partial charge is 0.338 e. The summed E-state index contributed by atoms with van der Waals surface area (Å²) in [4.78, 5) is 11.6. The Morgan fingerprint density at radius 3 is 2.28 bits per heavy atom. The molecule has 0 bridgehead atoms. The van der Waals surface area contributed by atoms with Crippen LogP contribution in [-0.2, 0) is 4.74 Å². The van der Waals surface area contributed by atoms with Gasteiger partial charge in [-0.1, -0.05) is 20.8 Å². The third kappa shape index (κ3) is 4.40. The van der Waals surface area contributed by atoms with Gasteiger partial charge in [-0.15, -0.1) is 0 Å². The number of benzene rings is 1. The highest BCUT2D eigenvalue weighted by atomic mass is 16.5. The average molecular weight is 249 g/mol. The number of carbonyl (C=O) groups is 1. The normalized spacial score (nSPS) is 10.4. The van der Waals surface area contributed by atoms with Gasteiger partial charge in [-0.2, -0.15) is 0 Å². The Labute approximate surface area is 110 Å². The zero-order valence-electron chi connectivity index (χ0n) is 11.5. The van der Waals surface area contributed by atoms with Crippen molar-refractivity contribution in [2.45, 2.75) is 46.1 Å². The number of nitrogens with one attached hydrogen (secondary N) is 1. The highest BCUT2D eigenvalue weighted by Gasteiger charge is 2.07. The van der Waals surface area contributed by atoms with Gasteiger partial charge in [0.05, 0.1) is 12.2 Å². The van der Waals surface area contributed by atoms with Gasteiger partial charge in [0.1, 0.15) is 0 Å². The van der Waals surface area contributed by atoms with Crippen LogP contribution >= 0.6 is 0 Å². The first-order chi connectivity index (χ1) is 8.71. The third-order valence-corrected chi connectivity index (χ3v) is 2.91. The summed E-state index contributed by atoms with van der Waals surface area (Å²) in [5.74, 6) is -0.245. The van der Waals surface area contributed by atoms with Crippen molar-refractivity contribution in [1.82, 2.24) is 0 Å². The molecule has 0 atom stereocenters. The molecular weight excluding hydrogens is 226 g/mol. The molecule has 3 nitrogen and oxygen atoms in total. The summed E-state index contributed by atoms with van der Waals surface area (Å²) >= 11 is 0. The fraction of sp³-hybridized carbons (Fsp3) is 0.533. The van der Waals surface area contributed by atoms with E-state index in [2.05, 4.69) is 19.2 Å². The van der Waals surface area contributed by atoms with Crippen LogP contribution in [-0.4, -0.2) is 18.6 Å². The fourth-order valence-electron chi connectivity index (χ4n) is 1.71. The van der Waals surface area contributed by atoms with Crippen LogP contribution in [0.2, 0.25) is 0 Å². The van der Waals surface area contributed by atoms with Crippen LogP contribution in [0.4, 0.5) is 5.69 Å². The molecule has 0 aliphatic carbocycles. The summed E-state index contributed by atoms with van der Waals surface area (Å²) in [5.41, 5.74) is 1.66. The van der Waals surface area contributed by atoms with Crippen LogP contribution < -0.4 is 5.32 Å². The van der Waals surface area contributed by atoms with E-state index in [0.29, 0.717) is 18.2 Å². The molecule has 100 valence electrons. The maximum absolute atomic E-state index is 11.6. The fourth-order valence-corrected chi connectivity index (χ4v) is 1.71. The second-order valence-electron chi connectivity index (χ2n) is 4.37. The molecule has 0 heterocycles. The van der Waals surface area contributed by atoms with Gasteiger partial charge in [0.2, 0.25) is 0 Å². The largest absolute Gasteiger partial charge is 0.462 e. The quantitative estimate of drug-likeness (QED) is 0.746. The second kappa shape index (κ2) is 7.75. The zero-order chi connectivity index (χ0) is 13.4. The lowest BCUT2D eigenvalue weighted by atomic mass is 10.1. The Hall–Kier alpha value is -1.51. The Balaban J connectivity index is 2.59. The number of esters is 1. The molecule has 0 saturated carbocycles. The summed E-state index contributed by atoms with van der Waals surface area (Å²) in [5, 5.41) is 3.44. The summed E-state index contributed by atoms with van der Waals surface area (Å²) in [6, 6.07) is 7.97. The molecule has 0 radical (unpaired) electrons. The van der Waals surface area contributed by atoms with Gasteiger partial charge in [0, 0.05) is 11.7 Å². The summed E-state index contributed by atoms with van der Waals surface area (Å²) in [6.45, 7) is 6.79. The molecule has 0 aliphatic heterocycles. The highest BCUT2D eigenvalue weighted by molar-refractivity contribution is 5.89. The van der Waals surface area contributed by atoms with Crippen LogP contribution in [0.5, 0.6) is 0 Å². The predicted molar refractivity (Wildman–Crippen MR) is 75.0 cm³/mol. The van der Waals surface area contributed by atoms with Crippen molar-refractivity contribution in [1.29, 1.82) is 0 Å². The van der Waals surface area contributed by atoms with Crippen molar-refractivity contribution in [3.63, 3.8) is 0 Å². The topological polar surface area (TPSA) is 38.3 Å². The average Bonchev–Trinajstić information content (AvgIpc) is 2.42. The Kier molecular flexibility index (Phi) is 6.26. The molecule has 1 N–H and O–H groups in total. The van der Waals surface area contributed by atoms with Crippen LogP contribution in [0.3, 0.4) is 0 Å². The van der Waals surface area contributed by atoms with Crippen LogP contribution in [0, 0.1) is 0 Å². The van der Waals surface area contributed by atoms with E-state index in [-0.39, 0.29) is 5.97 Å². The molecule has 0 amide bonds. The van der Waals surface area contributed by atoms with Crippen molar-refractivity contribution in [2.75, 3.05) is 11.9 Å². The molecule has 0 saturated heterocycles. The molecule has 1 aromatic carbocycles. The van der Waals surface area contributed by atoms with Crippen molar-refractivity contribution in [3.8, 4) is 0 Å². The monoisotopic (exact) mass is 249 g/mol. The van der Waals surface area contributed by atoms with Gasteiger partial charge in [-0.25, -0.2) is 4.79 Å². The van der Waals surface area contributed by atoms with Gasteiger partial charge in [-0.05, 0) is 43.5 Å². The number of rotatable bonds is 7. The van der Waals surface area contributed by atoms with Crippen molar-refractivity contribution >= 4 is 11.7 Å². The Bertz CT molecular complexity index is 355. The van der Waals surface area contributed by atoms with Gasteiger partial charge >= 0.3 is 5.97 Å². The van der Waals surface area contributed by atoms with Gasteiger partial charge in [0.15, 0.2) is 0 Å². The lowest BCUT2D eigenvalue weighted by molar-refractivity contribution is 0.0505. The van der Waals surface area contributed by atoms with E-state index < -0.39 is 0 Å². The van der Waals surface area contributed by atoms with Crippen LogP contribution in [0.15, 0.2) is 24.3 Å². The lowest BCUT2D eigenvalue weighted by Gasteiger charge is -2.16. The standard InChI is InChI=1S/C15H23NO2/c1-4-11-18-15(17)12-7-9-14(10-8-12)16-13(5-2)6-3/h7-10,13,16H,4-6,11H2,1-3H3. The third-order valence-electron chi connectivity index (χ3n) is 2.91. The molecule has 1 aromatic rings. The number of ether oxygens (including phenoxy) is 1. The van der Waals surface area contributed by atoms with Gasteiger partial charge in [-0.3, -0.25) is 0 Å². The van der Waals surface area contributed by atoms with E-state index in [1.165, 1.54) is 0 Å². The minimum absolute atomic E-state index is 0.245. The minimum atomic E-state index is -0.245. The van der Waals surface area contributed by atoms with Gasteiger partial charge in [0.25, 0.3) is 0 Å². The summed E-state index contributed by atoms with van der Waals surface area (Å²) in [7, 11) is 0. The molecule has 0 spiro atoms. The molecule has 0 fully saturated rings. The first-order valence-electron chi connectivity index (χ1n) is 6.74. The van der Waals surface area contributed by atoms with Gasteiger partial charge < -0.3 is 10.1 Å². The Morgan fingerprint density at radius 2 is 1.78 bits per heavy atom. The molecule has 18 heavy (non-hydrogen) atoms. The molecule has 0 unspecified atom stereocenters. The van der Waals surface area contributed by atoms with E-state index in [4.69, 9.17) is 4.74 Å². The molecule has 0 aromatic heterocycles. The predicted octanol–water partition coefficient (Wildman–Crippen LogP) is 3.85.